The molecule has 14 heavy (non-hydrogen) atoms. The predicted octanol–water partition coefficient (Wildman–Crippen LogP) is 2.88. The summed E-state index contributed by atoms with van der Waals surface area (Å²) in [5.41, 5.74) is 1.10. The lowest BCUT2D eigenvalue weighted by Gasteiger charge is -2.16. The first kappa shape index (κ1) is 9.13. The molecule has 0 aromatic heterocycles. The largest absolute Gasteiger partial charge is 0.490 e. The van der Waals surface area contributed by atoms with Crippen LogP contribution >= 0.6 is 0 Å². The lowest BCUT2D eigenvalue weighted by molar-refractivity contribution is 0.282. The van der Waals surface area contributed by atoms with E-state index < -0.39 is 0 Å². The van der Waals surface area contributed by atoms with Gasteiger partial charge >= 0.3 is 0 Å². The lowest BCUT2D eigenvalue weighted by Crippen LogP contribution is -2.04. The minimum atomic E-state index is 0.638. The van der Waals surface area contributed by atoms with E-state index >= 15 is 0 Å². The minimum Gasteiger partial charge on any atom is -0.490 e. The second-order valence-corrected chi connectivity index (χ2v) is 3.24. The summed E-state index contributed by atoms with van der Waals surface area (Å²) in [5, 5.41) is 0. The molecule has 1 aromatic rings. The van der Waals surface area contributed by atoms with E-state index in [-0.39, 0.29) is 0 Å². The summed E-state index contributed by atoms with van der Waals surface area (Å²) in [6.45, 7) is 3.47. The number of hydrogen-bond acceptors (Lipinski definition) is 2. The van der Waals surface area contributed by atoms with Crippen molar-refractivity contribution in [1.82, 2.24) is 0 Å². The molecule has 0 spiro atoms. The Morgan fingerprint density at radius 2 is 2.36 bits per heavy atom. The van der Waals surface area contributed by atoms with Gasteiger partial charge in [0.2, 0.25) is 0 Å². The Balaban J connectivity index is 2.27. The summed E-state index contributed by atoms with van der Waals surface area (Å²) >= 11 is 0. The number of hydrogen-bond donors (Lipinski definition) is 0. The summed E-state index contributed by atoms with van der Waals surface area (Å²) in [6.07, 6.45) is 5.09. The van der Waals surface area contributed by atoms with E-state index in [4.69, 9.17) is 9.47 Å². The van der Waals surface area contributed by atoms with Crippen LogP contribution < -0.4 is 9.47 Å². The molecule has 0 unspecified atom stereocenters. The molecule has 1 aromatic carbocycles. The third-order valence-electron chi connectivity index (χ3n) is 2.09. The average molecular weight is 190 g/mol. The molecule has 1 aliphatic heterocycles. The van der Waals surface area contributed by atoms with Gasteiger partial charge in [-0.2, -0.15) is 0 Å². The standard InChI is InChI=1S/C12H14O2/c1-2-8-13-11-7-3-5-10-6-4-9-14-12(10)11/h3-7H,2,8-9H2,1H3. The molecule has 1 heterocycles. The number of para-hydroxylation sites is 1. The van der Waals surface area contributed by atoms with Crippen molar-refractivity contribution in [2.45, 2.75) is 13.3 Å². The summed E-state index contributed by atoms with van der Waals surface area (Å²) in [6, 6.07) is 5.97. The fourth-order valence-electron chi connectivity index (χ4n) is 1.45. The summed E-state index contributed by atoms with van der Waals surface area (Å²) < 4.78 is 11.1. The van der Waals surface area contributed by atoms with E-state index in [1.54, 1.807) is 0 Å². The van der Waals surface area contributed by atoms with Gasteiger partial charge in [0.1, 0.15) is 6.61 Å². The van der Waals surface area contributed by atoms with Crippen LogP contribution in [0.5, 0.6) is 11.5 Å². The molecule has 2 rings (SSSR count). The normalized spacial score (nSPS) is 13.2. The number of benzene rings is 1. The summed E-state index contributed by atoms with van der Waals surface area (Å²) in [7, 11) is 0. The highest BCUT2D eigenvalue weighted by atomic mass is 16.5. The van der Waals surface area contributed by atoms with Crippen LogP contribution in [-0.2, 0) is 0 Å². The second kappa shape index (κ2) is 4.18. The number of fused-ring (bicyclic) bond motifs is 1. The monoisotopic (exact) mass is 190 g/mol. The molecule has 0 N–H and O–H groups in total. The van der Waals surface area contributed by atoms with Crippen molar-refractivity contribution in [2.24, 2.45) is 0 Å². The summed E-state index contributed by atoms with van der Waals surface area (Å²) in [4.78, 5) is 0. The van der Waals surface area contributed by atoms with Gasteiger partial charge in [-0.25, -0.2) is 0 Å². The van der Waals surface area contributed by atoms with E-state index in [1.807, 2.05) is 24.3 Å². The molecule has 1 aliphatic rings. The smallest absolute Gasteiger partial charge is 0.168 e. The van der Waals surface area contributed by atoms with Gasteiger partial charge in [-0.1, -0.05) is 25.1 Å². The third kappa shape index (κ3) is 1.74. The van der Waals surface area contributed by atoms with Crippen LogP contribution in [0, 0.1) is 0 Å². The van der Waals surface area contributed by atoms with Gasteiger partial charge in [-0.05, 0) is 18.6 Å². The molecule has 0 aliphatic carbocycles. The van der Waals surface area contributed by atoms with Gasteiger partial charge in [-0.15, -0.1) is 0 Å². The Morgan fingerprint density at radius 1 is 1.43 bits per heavy atom. The van der Waals surface area contributed by atoms with Crippen molar-refractivity contribution in [2.75, 3.05) is 13.2 Å². The first-order valence-corrected chi connectivity index (χ1v) is 4.97. The van der Waals surface area contributed by atoms with E-state index in [0.717, 1.165) is 30.1 Å². The Morgan fingerprint density at radius 3 is 3.21 bits per heavy atom. The fraction of sp³-hybridized carbons (Fsp3) is 0.333. The number of ether oxygens (including phenoxy) is 2. The Labute approximate surface area is 84.2 Å². The SMILES string of the molecule is CCCOc1cccc2c1OCC=C2. The first-order chi connectivity index (χ1) is 6.92. The van der Waals surface area contributed by atoms with Crippen molar-refractivity contribution in [3.05, 3.63) is 29.8 Å². The Hall–Kier alpha value is -1.44. The molecule has 2 heteroatoms. The van der Waals surface area contributed by atoms with Crippen molar-refractivity contribution in [3.8, 4) is 11.5 Å². The molecule has 0 atom stereocenters. The third-order valence-corrected chi connectivity index (χ3v) is 2.09. The topological polar surface area (TPSA) is 18.5 Å². The van der Waals surface area contributed by atoms with Crippen molar-refractivity contribution >= 4 is 6.08 Å². The zero-order valence-electron chi connectivity index (χ0n) is 8.32. The van der Waals surface area contributed by atoms with Gasteiger partial charge in [0, 0.05) is 5.56 Å². The quantitative estimate of drug-likeness (QED) is 0.729. The Bertz CT molecular complexity index is 342. The highest BCUT2D eigenvalue weighted by molar-refractivity contribution is 5.63. The Kier molecular flexibility index (Phi) is 2.73. The molecular weight excluding hydrogens is 176 g/mol. The van der Waals surface area contributed by atoms with Gasteiger partial charge in [0.05, 0.1) is 6.61 Å². The molecule has 0 amide bonds. The van der Waals surface area contributed by atoms with Crippen LogP contribution in [0.2, 0.25) is 0 Å². The average Bonchev–Trinajstić information content (AvgIpc) is 2.26. The highest BCUT2D eigenvalue weighted by Gasteiger charge is 2.11. The van der Waals surface area contributed by atoms with Crippen molar-refractivity contribution in [1.29, 1.82) is 0 Å². The molecule has 2 nitrogen and oxygen atoms in total. The van der Waals surface area contributed by atoms with Crippen LogP contribution in [-0.4, -0.2) is 13.2 Å². The first-order valence-electron chi connectivity index (χ1n) is 4.97. The van der Waals surface area contributed by atoms with Gasteiger partial charge in [0.25, 0.3) is 0 Å². The maximum Gasteiger partial charge on any atom is 0.168 e. The fourth-order valence-corrected chi connectivity index (χ4v) is 1.45. The lowest BCUT2D eigenvalue weighted by atomic mass is 10.1. The van der Waals surface area contributed by atoms with E-state index in [2.05, 4.69) is 13.0 Å². The van der Waals surface area contributed by atoms with Crippen LogP contribution in [0.1, 0.15) is 18.9 Å². The van der Waals surface area contributed by atoms with Gasteiger partial charge in [-0.3, -0.25) is 0 Å². The van der Waals surface area contributed by atoms with Crippen LogP contribution in [0.3, 0.4) is 0 Å². The zero-order valence-corrected chi connectivity index (χ0v) is 8.32. The predicted molar refractivity (Wildman–Crippen MR) is 56.8 cm³/mol. The molecule has 0 radical (unpaired) electrons. The molecule has 0 bridgehead atoms. The van der Waals surface area contributed by atoms with Gasteiger partial charge in [0.15, 0.2) is 11.5 Å². The molecule has 0 saturated heterocycles. The van der Waals surface area contributed by atoms with Crippen LogP contribution in [0.15, 0.2) is 24.3 Å². The molecule has 0 saturated carbocycles. The maximum absolute atomic E-state index is 5.59. The molecule has 0 fully saturated rings. The maximum atomic E-state index is 5.59. The molecular formula is C12H14O2. The van der Waals surface area contributed by atoms with Crippen LogP contribution in [0.25, 0.3) is 6.08 Å². The minimum absolute atomic E-state index is 0.638. The van der Waals surface area contributed by atoms with Gasteiger partial charge < -0.3 is 9.47 Å². The van der Waals surface area contributed by atoms with E-state index in [0.29, 0.717) is 6.61 Å². The second-order valence-electron chi connectivity index (χ2n) is 3.24. The summed E-state index contributed by atoms with van der Waals surface area (Å²) in [5.74, 6) is 1.73. The van der Waals surface area contributed by atoms with E-state index in [1.165, 1.54) is 0 Å². The highest BCUT2D eigenvalue weighted by Crippen LogP contribution is 2.34. The number of rotatable bonds is 3. The van der Waals surface area contributed by atoms with E-state index in [9.17, 15) is 0 Å². The van der Waals surface area contributed by atoms with Crippen LogP contribution in [0.4, 0.5) is 0 Å². The van der Waals surface area contributed by atoms with Crippen molar-refractivity contribution in [3.63, 3.8) is 0 Å². The zero-order chi connectivity index (χ0) is 9.80. The molecule has 74 valence electrons. The van der Waals surface area contributed by atoms with Crippen molar-refractivity contribution < 1.29 is 9.47 Å².